The van der Waals surface area contributed by atoms with E-state index >= 15 is 0 Å². The largest absolute Gasteiger partial charge is 0.497 e. The zero-order valence-electron chi connectivity index (χ0n) is 17.7. The van der Waals surface area contributed by atoms with Crippen molar-refractivity contribution in [3.63, 3.8) is 0 Å². The van der Waals surface area contributed by atoms with Gasteiger partial charge in [0, 0.05) is 38.2 Å². The van der Waals surface area contributed by atoms with Crippen LogP contribution in [0.1, 0.15) is 33.6 Å². The monoisotopic (exact) mass is 390 g/mol. The first-order valence-corrected chi connectivity index (χ1v) is 9.99. The third-order valence-corrected chi connectivity index (χ3v) is 4.80. The summed E-state index contributed by atoms with van der Waals surface area (Å²) < 4.78 is 11.2. The Kier molecular flexibility index (Phi) is 8.42. The summed E-state index contributed by atoms with van der Waals surface area (Å²) in [6.45, 7) is 8.12. The fraction of sp³-hybridized carbons (Fsp3) is 0.619. The summed E-state index contributed by atoms with van der Waals surface area (Å²) >= 11 is 0. The molecule has 1 amide bonds. The molecular weight excluding hydrogens is 356 g/mol. The van der Waals surface area contributed by atoms with Crippen molar-refractivity contribution in [1.29, 1.82) is 0 Å². The Morgan fingerprint density at radius 2 is 1.93 bits per heavy atom. The van der Waals surface area contributed by atoms with Crippen LogP contribution in [0, 0.1) is 5.92 Å². The number of nitrogens with zero attached hydrogens (tertiary/aromatic N) is 2. The number of carbonyl (C=O) groups is 1. The predicted molar refractivity (Wildman–Crippen MR) is 112 cm³/mol. The Hall–Kier alpha value is -2.44. The molecule has 0 spiro atoms. The molecule has 1 aliphatic heterocycles. The van der Waals surface area contributed by atoms with E-state index in [0.29, 0.717) is 12.6 Å². The van der Waals surface area contributed by atoms with Gasteiger partial charge in [-0.05, 0) is 31.9 Å². The first kappa shape index (κ1) is 21.9. The second-order valence-electron chi connectivity index (χ2n) is 7.46. The molecule has 156 valence electrons. The number of methoxy groups -OCH3 is 1. The number of ether oxygens (including phenoxy) is 2. The predicted octanol–water partition coefficient (Wildman–Crippen LogP) is 2.27. The maximum absolute atomic E-state index is 12.1. The molecule has 1 heterocycles. The van der Waals surface area contributed by atoms with Crippen LogP contribution in [-0.2, 0) is 4.79 Å². The number of rotatable bonds is 7. The molecule has 1 aromatic rings. The molecule has 7 heteroatoms. The van der Waals surface area contributed by atoms with Gasteiger partial charge in [0.25, 0.3) is 0 Å². The van der Waals surface area contributed by atoms with Crippen molar-refractivity contribution in [1.82, 2.24) is 15.5 Å². The van der Waals surface area contributed by atoms with Gasteiger partial charge in [-0.3, -0.25) is 9.79 Å². The molecule has 0 saturated carbocycles. The zero-order valence-corrected chi connectivity index (χ0v) is 17.7. The Morgan fingerprint density at radius 3 is 2.54 bits per heavy atom. The third kappa shape index (κ3) is 6.62. The highest BCUT2D eigenvalue weighted by atomic mass is 16.5. The van der Waals surface area contributed by atoms with Crippen molar-refractivity contribution in [2.24, 2.45) is 10.9 Å². The van der Waals surface area contributed by atoms with Crippen molar-refractivity contribution in [2.45, 2.75) is 45.8 Å². The Morgan fingerprint density at radius 1 is 1.25 bits per heavy atom. The number of carbonyl (C=O) groups excluding carboxylic acids is 1. The van der Waals surface area contributed by atoms with Gasteiger partial charge in [-0.25, -0.2) is 0 Å². The second kappa shape index (κ2) is 10.8. The summed E-state index contributed by atoms with van der Waals surface area (Å²) in [4.78, 5) is 18.4. The van der Waals surface area contributed by atoms with E-state index in [1.807, 2.05) is 49.9 Å². The minimum atomic E-state index is -0.0313. The van der Waals surface area contributed by atoms with E-state index in [-0.39, 0.29) is 17.9 Å². The number of hydrogen-bond donors (Lipinski definition) is 2. The molecule has 0 aromatic heterocycles. The van der Waals surface area contributed by atoms with Crippen molar-refractivity contribution in [3.8, 4) is 11.5 Å². The molecule has 0 aliphatic carbocycles. The molecule has 7 nitrogen and oxygen atoms in total. The highest BCUT2D eigenvalue weighted by Gasteiger charge is 2.24. The highest BCUT2D eigenvalue weighted by molar-refractivity contribution is 5.80. The van der Waals surface area contributed by atoms with E-state index in [1.54, 1.807) is 14.2 Å². The van der Waals surface area contributed by atoms with Gasteiger partial charge in [0.2, 0.25) is 5.91 Å². The first-order chi connectivity index (χ1) is 13.4. The van der Waals surface area contributed by atoms with E-state index in [1.165, 1.54) is 0 Å². The van der Waals surface area contributed by atoms with Gasteiger partial charge in [0.1, 0.15) is 17.6 Å². The van der Waals surface area contributed by atoms with Crippen LogP contribution in [0.25, 0.3) is 0 Å². The quantitative estimate of drug-likeness (QED) is 0.552. The van der Waals surface area contributed by atoms with Crippen LogP contribution in [-0.4, -0.2) is 62.7 Å². The summed E-state index contributed by atoms with van der Waals surface area (Å²) in [5.41, 5.74) is 0. The lowest BCUT2D eigenvalue weighted by molar-refractivity contribution is -0.135. The summed E-state index contributed by atoms with van der Waals surface area (Å²) in [5, 5.41) is 6.78. The number of benzene rings is 1. The second-order valence-corrected chi connectivity index (χ2v) is 7.46. The molecular formula is C21H34N4O3. The van der Waals surface area contributed by atoms with Crippen LogP contribution in [0.5, 0.6) is 11.5 Å². The molecule has 1 unspecified atom stereocenters. The average molecular weight is 391 g/mol. The van der Waals surface area contributed by atoms with Crippen molar-refractivity contribution in [3.05, 3.63) is 24.3 Å². The van der Waals surface area contributed by atoms with Crippen molar-refractivity contribution >= 4 is 11.9 Å². The van der Waals surface area contributed by atoms with Crippen LogP contribution in [0.4, 0.5) is 0 Å². The molecule has 1 fully saturated rings. The molecule has 2 rings (SSSR count). The molecule has 2 N–H and O–H groups in total. The lowest BCUT2D eigenvalue weighted by Gasteiger charge is -2.34. The number of nitrogens with one attached hydrogen (secondary N) is 2. The molecule has 0 radical (unpaired) electrons. The summed E-state index contributed by atoms with van der Waals surface area (Å²) in [6, 6.07) is 7.90. The normalized spacial score (nSPS) is 16.6. The molecule has 1 atom stereocenters. The molecule has 1 saturated heterocycles. The maximum Gasteiger partial charge on any atom is 0.225 e. The molecule has 1 aromatic carbocycles. The first-order valence-electron chi connectivity index (χ1n) is 9.99. The lowest BCUT2D eigenvalue weighted by atomic mass is 10.0. The van der Waals surface area contributed by atoms with Gasteiger partial charge < -0.3 is 25.0 Å². The fourth-order valence-corrected chi connectivity index (χ4v) is 3.19. The zero-order chi connectivity index (χ0) is 20.5. The smallest absolute Gasteiger partial charge is 0.225 e. The van der Waals surface area contributed by atoms with E-state index in [2.05, 4.69) is 15.6 Å². The van der Waals surface area contributed by atoms with E-state index < -0.39 is 0 Å². The minimum Gasteiger partial charge on any atom is -0.497 e. The van der Waals surface area contributed by atoms with E-state index in [0.717, 1.165) is 43.4 Å². The Labute approximate surface area is 168 Å². The van der Waals surface area contributed by atoms with Crippen molar-refractivity contribution < 1.29 is 14.3 Å². The molecule has 28 heavy (non-hydrogen) atoms. The van der Waals surface area contributed by atoms with Crippen LogP contribution >= 0.6 is 0 Å². The SMILES string of the molecule is CN=C(NCC(C)Oc1cccc(OC)c1)NC1CCN(C(=O)C(C)C)CC1. The van der Waals surface area contributed by atoms with Gasteiger partial charge in [0.15, 0.2) is 5.96 Å². The van der Waals surface area contributed by atoms with Crippen LogP contribution < -0.4 is 20.1 Å². The number of likely N-dealkylation sites (tertiary alicyclic amines) is 1. The topological polar surface area (TPSA) is 75.2 Å². The summed E-state index contributed by atoms with van der Waals surface area (Å²) in [7, 11) is 3.41. The van der Waals surface area contributed by atoms with Crippen LogP contribution in [0.15, 0.2) is 29.3 Å². The van der Waals surface area contributed by atoms with Gasteiger partial charge in [0.05, 0.1) is 13.7 Å². The highest BCUT2D eigenvalue weighted by Crippen LogP contribution is 2.19. The van der Waals surface area contributed by atoms with Gasteiger partial charge in [-0.1, -0.05) is 19.9 Å². The molecule has 1 aliphatic rings. The number of amides is 1. The standard InChI is InChI=1S/C21H34N4O3/c1-15(2)20(26)25-11-9-17(10-12-25)24-21(22-4)23-14-16(3)28-19-8-6-7-18(13-19)27-5/h6-8,13,15-17H,9-12,14H2,1-5H3,(H2,22,23,24). The summed E-state index contributed by atoms with van der Waals surface area (Å²) in [5.74, 6) is 2.61. The minimum absolute atomic E-state index is 0.0313. The summed E-state index contributed by atoms with van der Waals surface area (Å²) in [6.07, 6.45) is 1.82. The van der Waals surface area contributed by atoms with Gasteiger partial charge in [-0.2, -0.15) is 0 Å². The van der Waals surface area contributed by atoms with Crippen LogP contribution in [0.2, 0.25) is 0 Å². The van der Waals surface area contributed by atoms with Crippen molar-refractivity contribution in [2.75, 3.05) is 33.8 Å². The maximum atomic E-state index is 12.1. The third-order valence-electron chi connectivity index (χ3n) is 4.80. The van der Waals surface area contributed by atoms with Gasteiger partial charge >= 0.3 is 0 Å². The Bertz CT molecular complexity index is 655. The Balaban J connectivity index is 1.75. The lowest BCUT2D eigenvalue weighted by Crippen LogP contribution is -2.51. The van der Waals surface area contributed by atoms with E-state index in [4.69, 9.17) is 9.47 Å². The van der Waals surface area contributed by atoms with E-state index in [9.17, 15) is 4.79 Å². The number of piperidine rings is 1. The molecule has 0 bridgehead atoms. The number of guanidine groups is 1. The number of hydrogen-bond acceptors (Lipinski definition) is 4. The van der Waals surface area contributed by atoms with Gasteiger partial charge in [-0.15, -0.1) is 0 Å². The van der Waals surface area contributed by atoms with Crippen LogP contribution in [0.3, 0.4) is 0 Å². The number of aliphatic imine (C=N–C) groups is 1. The fourth-order valence-electron chi connectivity index (χ4n) is 3.19. The average Bonchev–Trinajstić information content (AvgIpc) is 2.71.